The Morgan fingerprint density at radius 3 is 2.33 bits per heavy atom. The number of benzene rings is 3. The Labute approximate surface area is 248 Å². The average Bonchev–Trinajstić information content (AvgIpc) is 3.32. The third-order valence-electron chi connectivity index (χ3n) is 7.83. The Bertz CT molecular complexity index is 1720. The topological polar surface area (TPSA) is 133 Å². The Kier molecular flexibility index (Phi) is 7.19. The van der Waals surface area contributed by atoms with Crippen LogP contribution in [0.1, 0.15) is 48.2 Å². The number of aromatic nitrogens is 2. The Morgan fingerprint density at radius 2 is 1.63 bits per heavy atom. The number of amides is 5. The van der Waals surface area contributed by atoms with E-state index in [-0.39, 0.29) is 24.8 Å². The number of carbonyl (C=O) groups is 4. The summed E-state index contributed by atoms with van der Waals surface area (Å²) in [5, 5.41) is 8.18. The van der Waals surface area contributed by atoms with Crippen molar-refractivity contribution in [2.24, 2.45) is 0 Å². The molecule has 43 heavy (non-hydrogen) atoms. The molecule has 0 saturated carbocycles. The first-order valence-electron chi connectivity index (χ1n) is 14.0. The minimum Gasteiger partial charge on any atom is -0.329 e. The van der Waals surface area contributed by atoms with Gasteiger partial charge in [0.05, 0.1) is 5.54 Å². The number of nitrogens with zero attached hydrogens (tertiary/aromatic N) is 3. The molecule has 3 aromatic carbocycles. The molecular formula is C33H30N6O4. The number of fused-ring (bicyclic) bond motifs is 1. The molecule has 0 bridgehead atoms. The summed E-state index contributed by atoms with van der Waals surface area (Å²) in [5.41, 5.74) is 4.75. The predicted octanol–water partition coefficient (Wildman–Crippen LogP) is 4.63. The van der Waals surface area contributed by atoms with E-state index in [1.807, 2.05) is 68.4 Å². The van der Waals surface area contributed by atoms with Crippen molar-refractivity contribution >= 4 is 29.4 Å². The molecule has 216 valence electrons. The number of imide groups is 1. The molecule has 0 aliphatic carbocycles. The number of hydrogen-bond acceptors (Lipinski definition) is 6. The van der Waals surface area contributed by atoms with Gasteiger partial charge >= 0.3 is 6.03 Å². The lowest BCUT2D eigenvalue weighted by molar-refractivity contribution is -0.136. The summed E-state index contributed by atoms with van der Waals surface area (Å²) in [6.07, 6.45) is 4.09. The first kappa shape index (κ1) is 27.8. The van der Waals surface area contributed by atoms with E-state index in [2.05, 4.69) is 25.9 Å². The fraction of sp³-hybridized carbons (Fsp3) is 0.212. The van der Waals surface area contributed by atoms with Crippen molar-refractivity contribution in [1.29, 1.82) is 0 Å². The number of rotatable bonds is 6. The highest BCUT2D eigenvalue weighted by Crippen LogP contribution is 2.30. The normalized spacial score (nSPS) is 16.5. The van der Waals surface area contributed by atoms with E-state index in [1.54, 1.807) is 30.6 Å². The Hall–Kier alpha value is -5.38. The monoisotopic (exact) mass is 574 g/mol. The summed E-state index contributed by atoms with van der Waals surface area (Å²) < 4.78 is 0. The molecule has 10 heteroatoms. The maximum atomic E-state index is 13.0. The van der Waals surface area contributed by atoms with E-state index in [1.165, 1.54) is 4.90 Å². The van der Waals surface area contributed by atoms with Crippen LogP contribution in [0.3, 0.4) is 0 Å². The molecule has 1 atom stereocenters. The van der Waals surface area contributed by atoms with Crippen molar-refractivity contribution < 1.29 is 19.2 Å². The zero-order valence-corrected chi connectivity index (χ0v) is 23.8. The highest BCUT2D eigenvalue weighted by Gasteiger charge is 2.39. The van der Waals surface area contributed by atoms with Crippen molar-refractivity contribution in [1.82, 2.24) is 25.5 Å². The summed E-state index contributed by atoms with van der Waals surface area (Å²) in [6.45, 7) is 4.06. The molecule has 2 aliphatic rings. The summed E-state index contributed by atoms with van der Waals surface area (Å²) in [6, 6.07) is 21.6. The number of urea groups is 1. The van der Waals surface area contributed by atoms with E-state index < -0.39 is 23.5 Å². The molecule has 2 aliphatic heterocycles. The van der Waals surface area contributed by atoms with Crippen molar-refractivity contribution in [3.63, 3.8) is 0 Å². The van der Waals surface area contributed by atoms with Crippen LogP contribution in [0.25, 0.3) is 22.5 Å². The van der Waals surface area contributed by atoms with Gasteiger partial charge in [-0.05, 0) is 55.2 Å². The molecule has 1 aromatic heterocycles. The van der Waals surface area contributed by atoms with Crippen molar-refractivity contribution in [2.45, 2.75) is 44.8 Å². The summed E-state index contributed by atoms with van der Waals surface area (Å²) in [4.78, 5) is 60.2. The predicted molar refractivity (Wildman–Crippen MR) is 161 cm³/mol. The number of hydrogen-bond donors (Lipinski definition) is 3. The highest BCUT2D eigenvalue weighted by molar-refractivity contribution is 6.05. The fourth-order valence-electron chi connectivity index (χ4n) is 5.46. The van der Waals surface area contributed by atoms with Gasteiger partial charge in [-0.2, -0.15) is 0 Å². The molecular weight excluding hydrogens is 544 g/mol. The molecule has 6 rings (SSSR count). The summed E-state index contributed by atoms with van der Waals surface area (Å²) >= 11 is 0. The third-order valence-corrected chi connectivity index (χ3v) is 7.83. The quantitative estimate of drug-likeness (QED) is 0.288. The molecule has 0 spiro atoms. The zero-order chi connectivity index (χ0) is 30.1. The summed E-state index contributed by atoms with van der Waals surface area (Å²) in [7, 11) is 0. The van der Waals surface area contributed by atoms with E-state index in [0.717, 1.165) is 22.3 Å². The van der Waals surface area contributed by atoms with E-state index in [4.69, 9.17) is 0 Å². The van der Waals surface area contributed by atoms with Gasteiger partial charge < -0.3 is 15.5 Å². The SMILES string of the molecule is CC(C)(NC(=O)Nc1ccc2c(c1)CN(C1CCC(=O)NC1=O)C2=O)c1ccc(-c2cnc(-c3ccccc3)nc2)cc1. The van der Waals surface area contributed by atoms with Crippen LogP contribution in [-0.4, -0.2) is 44.7 Å². The van der Waals surface area contributed by atoms with Gasteiger partial charge in [-0.25, -0.2) is 14.8 Å². The Morgan fingerprint density at radius 1 is 0.907 bits per heavy atom. The average molecular weight is 575 g/mol. The number of nitrogens with one attached hydrogen (secondary N) is 3. The van der Waals surface area contributed by atoms with E-state index in [0.29, 0.717) is 29.1 Å². The van der Waals surface area contributed by atoms with Crippen LogP contribution in [0.2, 0.25) is 0 Å². The largest absolute Gasteiger partial charge is 0.329 e. The lowest BCUT2D eigenvalue weighted by Crippen LogP contribution is -2.52. The minimum atomic E-state index is -0.689. The lowest BCUT2D eigenvalue weighted by atomic mass is 9.93. The summed E-state index contributed by atoms with van der Waals surface area (Å²) in [5.74, 6) is -0.382. The van der Waals surface area contributed by atoms with Gasteiger partial charge in [0.25, 0.3) is 5.91 Å². The van der Waals surface area contributed by atoms with Crippen molar-refractivity contribution in [3.8, 4) is 22.5 Å². The maximum absolute atomic E-state index is 13.0. The van der Waals surface area contributed by atoms with Crippen molar-refractivity contribution in [2.75, 3.05) is 5.32 Å². The molecule has 1 saturated heterocycles. The zero-order valence-electron chi connectivity index (χ0n) is 23.8. The standard InChI is InChI=1S/C33H30N6O4/c1-33(2,24-10-8-20(9-11-24)23-17-34-29(35-18-23)21-6-4-3-5-7-21)38-32(43)36-25-12-13-26-22(16-25)19-39(31(26)42)27-14-15-28(40)37-30(27)41/h3-13,16-18,27H,14-15,19H2,1-2H3,(H2,36,38,43)(H,37,40,41). The molecule has 4 aromatic rings. The molecule has 1 fully saturated rings. The van der Waals surface area contributed by atoms with E-state index >= 15 is 0 Å². The number of piperidine rings is 1. The third kappa shape index (κ3) is 5.72. The van der Waals surface area contributed by atoms with Crippen LogP contribution >= 0.6 is 0 Å². The first-order valence-corrected chi connectivity index (χ1v) is 14.0. The van der Waals surface area contributed by atoms with Crippen LogP contribution in [0.4, 0.5) is 10.5 Å². The molecule has 1 unspecified atom stereocenters. The van der Waals surface area contributed by atoms with Crippen LogP contribution in [-0.2, 0) is 21.7 Å². The Balaban J connectivity index is 1.09. The first-order chi connectivity index (χ1) is 20.7. The van der Waals surface area contributed by atoms with Crippen LogP contribution < -0.4 is 16.0 Å². The van der Waals surface area contributed by atoms with Gasteiger partial charge in [0, 0.05) is 47.7 Å². The molecule has 3 heterocycles. The van der Waals surface area contributed by atoms with Crippen molar-refractivity contribution in [3.05, 3.63) is 102 Å². The second-order valence-corrected chi connectivity index (χ2v) is 11.2. The van der Waals surface area contributed by atoms with Gasteiger partial charge in [0.1, 0.15) is 6.04 Å². The molecule has 10 nitrogen and oxygen atoms in total. The van der Waals surface area contributed by atoms with Crippen LogP contribution in [0, 0.1) is 0 Å². The smallest absolute Gasteiger partial charge is 0.319 e. The second-order valence-electron chi connectivity index (χ2n) is 11.2. The number of carbonyl (C=O) groups excluding carboxylic acids is 4. The molecule has 5 amide bonds. The van der Waals surface area contributed by atoms with Gasteiger partial charge in [-0.15, -0.1) is 0 Å². The minimum absolute atomic E-state index is 0.193. The fourth-order valence-corrected chi connectivity index (χ4v) is 5.46. The van der Waals surface area contributed by atoms with Crippen LogP contribution in [0.5, 0.6) is 0 Å². The maximum Gasteiger partial charge on any atom is 0.319 e. The number of anilines is 1. The second kappa shape index (κ2) is 11.1. The van der Waals surface area contributed by atoms with Gasteiger partial charge in [-0.1, -0.05) is 54.6 Å². The van der Waals surface area contributed by atoms with Gasteiger partial charge in [0.15, 0.2) is 5.82 Å². The van der Waals surface area contributed by atoms with Gasteiger partial charge in [0.2, 0.25) is 11.8 Å². The molecule has 3 N–H and O–H groups in total. The van der Waals surface area contributed by atoms with E-state index in [9.17, 15) is 19.2 Å². The van der Waals surface area contributed by atoms with Crippen LogP contribution in [0.15, 0.2) is 85.2 Å². The molecule has 0 radical (unpaired) electrons. The van der Waals surface area contributed by atoms with Gasteiger partial charge in [-0.3, -0.25) is 19.7 Å². The highest BCUT2D eigenvalue weighted by atomic mass is 16.2. The lowest BCUT2D eigenvalue weighted by Gasteiger charge is -2.29.